The zero-order valence-electron chi connectivity index (χ0n) is 10.5. The third-order valence-electron chi connectivity index (χ3n) is 3.54. The SMILES string of the molecule is NC(=O)C1(F)CCN(c2ncnc3cc(F)ccc23)C1. The van der Waals surface area contributed by atoms with Crippen molar-refractivity contribution in [2.45, 2.75) is 12.1 Å². The molecule has 0 bridgehead atoms. The predicted molar refractivity (Wildman–Crippen MR) is 69.4 cm³/mol. The lowest BCUT2D eigenvalue weighted by Crippen LogP contribution is -2.42. The number of nitrogens with two attached hydrogens (primary N) is 1. The minimum Gasteiger partial charge on any atom is -0.367 e. The Hall–Kier alpha value is -2.31. The highest BCUT2D eigenvalue weighted by atomic mass is 19.1. The minimum atomic E-state index is -2.04. The van der Waals surface area contributed by atoms with Crippen molar-refractivity contribution in [1.82, 2.24) is 9.97 Å². The van der Waals surface area contributed by atoms with Crippen LogP contribution in [0.3, 0.4) is 0 Å². The Balaban J connectivity index is 2.02. The van der Waals surface area contributed by atoms with Crippen LogP contribution in [0.4, 0.5) is 14.6 Å². The smallest absolute Gasteiger partial charge is 0.257 e. The van der Waals surface area contributed by atoms with Crippen LogP contribution in [0.2, 0.25) is 0 Å². The molecule has 20 heavy (non-hydrogen) atoms. The van der Waals surface area contributed by atoms with E-state index in [-0.39, 0.29) is 13.0 Å². The third-order valence-corrected chi connectivity index (χ3v) is 3.54. The summed E-state index contributed by atoms with van der Waals surface area (Å²) in [6.45, 7) is 0.175. The number of fused-ring (bicyclic) bond motifs is 1. The molecular formula is C13H12F2N4O. The summed E-state index contributed by atoms with van der Waals surface area (Å²) in [5.74, 6) is -0.888. The molecule has 2 heterocycles. The van der Waals surface area contributed by atoms with Gasteiger partial charge in [0.15, 0.2) is 0 Å². The van der Waals surface area contributed by atoms with Crippen molar-refractivity contribution < 1.29 is 13.6 Å². The van der Waals surface area contributed by atoms with E-state index in [0.717, 1.165) is 0 Å². The maximum absolute atomic E-state index is 14.2. The average molecular weight is 278 g/mol. The van der Waals surface area contributed by atoms with Crippen LogP contribution < -0.4 is 10.6 Å². The molecule has 1 aromatic carbocycles. The number of hydrogen-bond acceptors (Lipinski definition) is 4. The number of alkyl halides is 1. The quantitative estimate of drug-likeness (QED) is 0.895. The van der Waals surface area contributed by atoms with Crippen molar-refractivity contribution in [2.75, 3.05) is 18.0 Å². The van der Waals surface area contributed by atoms with Crippen molar-refractivity contribution in [1.29, 1.82) is 0 Å². The lowest BCUT2D eigenvalue weighted by molar-refractivity contribution is -0.128. The zero-order chi connectivity index (χ0) is 14.3. The topological polar surface area (TPSA) is 72.1 Å². The molecule has 1 unspecified atom stereocenters. The number of carbonyl (C=O) groups is 1. The second kappa shape index (κ2) is 4.36. The van der Waals surface area contributed by atoms with E-state index >= 15 is 0 Å². The molecule has 0 aliphatic carbocycles. The van der Waals surface area contributed by atoms with Gasteiger partial charge in [-0.1, -0.05) is 0 Å². The molecule has 2 aromatic rings. The minimum absolute atomic E-state index is 0.0228. The molecule has 3 rings (SSSR count). The Labute approximate surface area is 113 Å². The van der Waals surface area contributed by atoms with E-state index < -0.39 is 17.4 Å². The number of hydrogen-bond donors (Lipinski definition) is 1. The third kappa shape index (κ3) is 1.95. The van der Waals surface area contributed by atoms with Crippen molar-refractivity contribution in [3.63, 3.8) is 0 Å². The summed E-state index contributed by atoms with van der Waals surface area (Å²) in [6.07, 6.45) is 1.31. The van der Waals surface area contributed by atoms with Crippen LogP contribution >= 0.6 is 0 Å². The van der Waals surface area contributed by atoms with Crippen LogP contribution in [0.1, 0.15) is 6.42 Å². The van der Waals surface area contributed by atoms with E-state index in [4.69, 9.17) is 5.73 Å². The van der Waals surface area contributed by atoms with Gasteiger partial charge in [-0.3, -0.25) is 4.79 Å². The zero-order valence-corrected chi connectivity index (χ0v) is 10.5. The molecule has 104 valence electrons. The van der Waals surface area contributed by atoms with Crippen molar-refractivity contribution in [2.24, 2.45) is 5.73 Å². The molecule has 1 aliphatic heterocycles. The maximum atomic E-state index is 14.2. The van der Waals surface area contributed by atoms with Crippen LogP contribution in [0.15, 0.2) is 24.5 Å². The lowest BCUT2D eigenvalue weighted by atomic mass is 10.1. The Morgan fingerprint density at radius 3 is 2.90 bits per heavy atom. The Bertz CT molecular complexity index is 693. The van der Waals surface area contributed by atoms with Crippen LogP contribution in [0, 0.1) is 5.82 Å². The van der Waals surface area contributed by atoms with E-state index in [1.165, 1.54) is 18.5 Å². The molecule has 1 amide bonds. The van der Waals surface area contributed by atoms with E-state index in [0.29, 0.717) is 23.3 Å². The molecule has 1 aliphatic rings. The summed E-state index contributed by atoms with van der Waals surface area (Å²) in [5, 5.41) is 0.614. The number of aromatic nitrogens is 2. The fourth-order valence-corrected chi connectivity index (χ4v) is 2.42. The van der Waals surface area contributed by atoms with Crippen LogP contribution in [-0.4, -0.2) is 34.6 Å². The number of nitrogens with zero attached hydrogens (tertiary/aromatic N) is 3. The maximum Gasteiger partial charge on any atom is 0.257 e. The summed E-state index contributed by atoms with van der Waals surface area (Å²) >= 11 is 0. The van der Waals surface area contributed by atoms with Crippen LogP contribution in [-0.2, 0) is 4.79 Å². The molecule has 5 nitrogen and oxygen atoms in total. The molecular weight excluding hydrogens is 266 g/mol. The Kier molecular flexibility index (Phi) is 2.77. The summed E-state index contributed by atoms with van der Waals surface area (Å²) in [7, 11) is 0. The number of benzene rings is 1. The number of rotatable bonds is 2. The number of amides is 1. The van der Waals surface area contributed by atoms with E-state index in [1.807, 2.05) is 0 Å². The molecule has 1 saturated heterocycles. The van der Waals surface area contributed by atoms with Gasteiger partial charge in [-0.2, -0.15) is 0 Å². The van der Waals surface area contributed by atoms with Gasteiger partial charge in [0.2, 0.25) is 5.67 Å². The highest BCUT2D eigenvalue weighted by Gasteiger charge is 2.44. The van der Waals surface area contributed by atoms with E-state index in [1.54, 1.807) is 11.0 Å². The molecule has 1 atom stereocenters. The Morgan fingerprint density at radius 1 is 1.40 bits per heavy atom. The van der Waals surface area contributed by atoms with Crippen molar-refractivity contribution in [3.05, 3.63) is 30.3 Å². The summed E-state index contributed by atoms with van der Waals surface area (Å²) in [4.78, 5) is 20.9. The number of halogens is 2. The summed E-state index contributed by atoms with van der Waals surface area (Å²) in [5.41, 5.74) is 3.47. The molecule has 0 radical (unpaired) electrons. The van der Waals surface area contributed by atoms with Gasteiger partial charge in [-0.25, -0.2) is 18.7 Å². The van der Waals surface area contributed by atoms with Gasteiger partial charge in [-0.05, 0) is 12.1 Å². The second-order valence-corrected chi connectivity index (χ2v) is 4.86. The summed E-state index contributed by atoms with van der Waals surface area (Å²) < 4.78 is 27.4. The standard InChI is InChI=1S/C13H12F2N4O/c14-8-1-2-9-10(5-8)17-7-18-11(9)19-4-3-13(15,6-19)12(16)20/h1-2,5,7H,3-4,6H2,(H2,16,20). The molecule has 2 N–H and O–H groups in total. The molecule has 1 aromatic heterocycles. The number of carbonyl (C=O) groups excluding carboxylic acids is 1. The largest absolute Gasteiger partial charge is 0.367 e. The second-order valence-electron chi connectivity index (χ2n) is 4.86. The fraction of sp³-hybridized carbons (Fsp3) is 0.308. The van der Waals surface area contributed by atoms with Crippen LogP contribution in [0.25, 0.3) is 10.9 Å². The first-order valence-corrected chi connectivity index (χ1v) is 6.14. The first-order valence-electron chi connectivity index (χ1n) is 6.14. The van der Waals surface area contributed by atoms with Crippen LogP contribution in [0.5, 0.6) is 0 Å². The van der Waals surface area contributed by atoms with Gasteiger partial charge in [0, 0.05) is 24.4 Å². The Morgan fingerprint density at radius 2 is 2.20 bits per heavy atom. The van der Waals surface area contributed by atoms with E-state index in [9.17, 15) is 13.6 Å². The van der Waals surface area contributed by atoms with Gasteiger partial charge in [0.25, 0.3) is 5.91 Å². The lowest BCUT2D eigenvalue weighted by Gasteiger charge is -2.20. The highest BCUT2D eigenvalue weighted by Crippen LogP contribution is 2.32. The summed E-state index contributed by atoms with van der Waals surface area (Å²) in [6, 6.07) is 4.12. The number of primary amides is 1. The van der Waals surface area contributed by atoms with Crippen molar-refractivity contribution in [3.8, 4) is 0 Å². The molecule has 0 spiro atoms. The van der Waals surface area contributed by atoms with Gasteiger partial charge >= 0.3 is 0 Å². The number of anilines is 1. The average Bonchev–Trinajstić information content (AvgIpc) is 2.81. The predicted octanol–water partition coefficient (Wildman–Crippen LogP) is 1.17. The monoisotopic (exact) mass is 278 g/mol. The highest BCUT2D eigenvalue weighted by molar-refractivity contribution is 5.91. The van der Waals surface area contributed by atoms with Crippen molar-refractivity contribution >= 4 is 22.6 Å². The van der Waals surface area contributed by atoms with Gasteiger partial charge in [-0.15, -0.1) is 0 Å². The molecule has 7 heteroatoms. The van der Waals surface area contributed by atoms with Gasteiger partial charge in [0.1, 0.15) is 18.0 Å². The van der Waals surface area contributed by atoms with E-state index in [2.05, 4.69) is 9.97 Å². The fourth-order valence-electron chi connectivity index (χ4n) is 2.42. The molecule has 1 fully saturated rings. The molecule has 0 saturated carbocycles. The first kappa shape index (κ1) is 12.7. The van der Waals surface area contributed by atoms with Gasteiger partial charge in [0.05, 0.1) is 12.1 Å². The normalized spacial score (nSPS) is 22.4. The van der Waals surface area contributed by atoms with Gasteiger partial charge < -0.3 is 10.6 Å². The first-order chi connectivity index (χ1) is 9.49.